The zero-order chi connectivity index (χ0) is 20.6. The number of hydrazine groups is 1. The Hall–Kier alpha value is -3.02. The fourth-order valence-corrected chi connectivity index (χ4v) is 6.20. The molecule has 0 spiro atoms. The van der Waals surface area contributed by atoms with Gasteiger partial charge in [-0.05, 0) is 11.1 Å². The summed E-state index contributed by atoms with van der Waals surface area (Å²) in [5, 5.41) is 4.16. The van der Waals surface area contributed by atoms with Crippen molar-refractivity contribution in [3.05, 3.63) is 126 Å². The molecule has 1 radical (unpaired) electrons. The monoisotopic (exact) mass is 408 g/mol. The summed E-state index contributed by atoms with van der Waals surface area (Å²) in [4.78, 5) is 0. The van der Waals surface area contributed by atoms with Crippen LogP contribution in [0.4, 0.5) is 0 Å². The van der Waals surface area contributed by atoms with Crippen LogP contribution >= 0.6 is 0 Å². The molecule has 30 heavy (non-hydrogen) atoms. The molecule has 0 amide bonds. The topological polar surface area (TPSA) is 50.1 Å². The average Bonchev–Trinajstić information content (AvgIpc) is 2.81. The molecule has 4 rings (SSSR count). The summed E-state index contributed by atoms with van der Waals surface area (Å²) < 4.78 is 0. The highest BCUT2D eigenvalue weighted by atomic mass is 28.3. The lowest BCUT2D eigenvalue weighted by atomic mass is 10.2. The smallest absolute Gasteiger partial charge is 0.154 e. The predicted octanol–water partition coefficient (Wildman–Crippen LogP) is 2.45. The van der Waals surface area contributed by atoms with E-state index in [1.807, 2.05) is 30.3 Å². The van der Waals surface area contributed by atoms with E-state index in [2.05, 4.69) is 95.8 Å². The molecule has 4 aromatic rings. The first-order chi connectivity index (χ1) is 14.8. The summed E-state index contributed by atoms with van der Waals surface area (Å²) in [5.41, 5.74) is 15.0. The van der Waals surface area contributed by atoms with Gasteiger partial charge in [0, 0.05) is 6.54 Å². The summed E-state index contributed by atoms with van der Waals surface area (Å²) in [5.74, 6) is 0. The molecule has 0 aliphatic carbocycles. The molecule has 1 unspecified atom stereocenters. The van der Waals surface area contributed by atoms with Crippen LogP contribution in [-0.2, 0) is 6.54 Å². The van der Waals surface area contributed by atoms with E-state index in [0.29, 0.717) is 6.54 Å². The van der Waals surface area contributed by atoms with E-state index >= 15 is 0 Å². The minimum Gasteiger partial charge on any atom is -0.311 e. The van der Waals surface area contributed by atoms with Gasteiger partial charge in [-0.25, -0.2) is 5.43 Å². The highest BCUT2D eigenvalue weighted by Gasteiger charge is 2.19. The number of nitrogens with two attached hydrogens (primary N) is 1. The van der Waals surface area contributed by atoms with Crippen LogP contribution < -0.4 is 32.1 Å². The first kappa shape index (κ1) is 20.3. The van der Waals surface area contributed by atoms with Crippen LogP contribution in [0.1, 0.15) is 17.3 Å². The van der Waals surface area contributed by atoms with Gasteiger partial charge in [-0.3, -0.25) is 5.43 Å². The van der Waals surface area contributed by atoms with Crippen molar-refractivity contribution in [1.82, 2.24) is 10.9 Å². The molecule has 0 fully saturated rings. The largest absolute Gasteiger partial charge is 0.311 e. The zero-order valence-electron chi connectivity index (χ0n) is 16.8. The van der Waals surface area contributed by atoms with Gasteiger partial charge in [0.1, 0.15) is 0 Å². The van der Waals surface area contributed by atoms with Crippen LogP contribution in [0.25, 0.3) is 0 Å². The normalized spacial score (nSPS) is 12.1. The van der Waals surface area contributed by atoms with E-state index in [9.17, 15) is 0 Å². The molecule has 1 atom stereocenters. The number of hydrogen-bond acceptors (Lipinski definition) is 3. The van der Waals surface area contributed by atoms with Crippen LogP contribution in [0.2, 0.25) is 0 Å². The maximum atomic E-state index is 6.22. The predicted molar refractivity (Wildman–Crippen MR) is 127 cm³/mol. The molecule has 0 bridgehead atoms. The minimum absolute atomic E-state index is 0.248. The Morgan fingerprint density at radius 2 is 1.17 bits per heavy atom. The lowest BCUT2D eigenvalue weighted by Gasteiger charge is -2.18. The van der Waals surface area contributed by atoms with Gasteiger partial charge in [0.05, 0.1) is 6.17 Å². The molecule has 0 aliphatic heterocycles. The van der Waals surface area contributed by atoms with Crippen LogP contribution in [0.15, 0.2) is 115 Å². The van der Waals surface area contributed by atoms with Gasteiger partial charge in [0.2, 0.25) is 0 Å². The van der Waals surface area contributed by atoms with Crippen molar-refractivity contribution in [2.24, 2.45) is 5.73 Å². The molecule has 0 saturated heterocycles. The number of hydrogen-bond donors (Lipinski definition) is 3. The van der Waals surface area contributed by atoms with Crippen LogP contribution in [-0.4, -0.2) is 8.80 Å². The van der Waals surface area contributed by atoms with E-state index in [0.717, 1.165) is 5.56 Å². The molecular weight excluding hydrogens is 382 g/mol. The summed E-state index contributed by atoms with van der Waals surface area (Å²) in [6.07, 6.45) is -0.248. The third-order valence-electron chi connectivity index (χ3n) is 5.05. The first-order valence-electron chi connectivity index (χ1n) is 10.2. The number of benzene rings is 4. The lowest BCUT2D eigenvalue weighted by Crippen LogP contribution is -2.52. The van der Waals surface area contributed by atoms with E-state index < -0.39 is 8.80 Å². The number of rotatable bonds is 8. The SMILES string of the molecule is NC(NNCc1cccc([Si](c2ccccc2)c2ccccc2)c1)c1ccccc1. The molecule has 0 saturated carbocycles. The lowest BCUT2D eigenvalue weighted by molar-refractivity contribution is 0.446. The van der Waals surface area contributed by atoms with Crippen molar-refractivity contribution in [3.63, 3.8) is 0 Å². The fourth-order valence-electron chi connectivity index (χ4n) is 3.55. The Kier molecular flexibility index (Phi) is 6.85. The molecule has 3 nitrogen and oxygen atoms in total. The maximum absolute atomic E-state index is 6.22. The Morgan fingerprint density at radius 3 is 1.77 bits per heavy atom. The number of nitrogens with one attached hydrogen (secondary N) is 2. The molecular formula is C26H26N3Si. The Morgan fingerprint density at radius 1 is 0.633 bits per heavy atom. The molecule has 4 aromatic carbocycles. The minimum atomic E-state index is -1.06. The second-order valence-electron chi connectivity index (χ2n) is 7.19. The van der Waals surface area contributed by atoms with Crippen molar-refractivity contribution in [2.75, 3.05) is 0 Å². The van der Waals surface area contributed by atoms with E-state index in [4.69, 9.17) is 5.73 Å². The third-order valence-corrected chi connectivity index (χ3v) is 7.76. The second kappa shape index (κ2) is 10.1. The van der Waals surface area contributed by atoms with Gasteiger partial charge in [-0.2, -0.15) is 0 Å². The van der Waals surface area contributed by atoms with Gasteiger partial charge in [0.25, 0.3) is 0 Å². The molecule has 0 aromatic heterocycles. The summed E-state index contributed by atoms with van der Waals surface area (Å²) in [6.45, 7) is 0.701. The Labute approximate surface area is 180 Å². The standard InChI is InChI=1S/C26H26N3Si/c27-26(22-12-4-1-5-13-22)29-28-20-21-11-10-18-25(19-21)30(23-14-6-2-7-15-23)24-16-8-3-9-17-24/h1-19,26,28-29H,20,27H2. The highest BCUT2D eigenvalue weighted by molar-refractivity contribution is 6.95. The second-order valence-corrected chi connectivity index (χ2v) is 9.68. The average molecular weight is 409 g/mol. The van der Waals surface area contributed by atoms with E-state index in [-0.39, 0.29) is 6.17 Å². The summed E-state index contributed by atoms with van der Waals surface area (Å²) in [7, 11) is -1.06. The van der Waals surface area contributed by atoms with Gasteiger partial charge in [0.15, 0.2) is 8.80 Å². The Balaban J connectivity index is 1.51. The van der Waals surface area contributed by atoms with Crippen LogP contribution in [0.5, 0.6) is 0 Å². The Bertz CT molecular complexity index is 1000. The summed E-state index contributed by atoms with van der Waals surface area (Å²) in [6, 6.07) is 40.5. The van der Waals surface area contributed by atoms with Crippen molar-refractivity contribution >= 4 is 24.4 Å². The first-order valence-corrected chi connectivity index (χ1v) is 11.7. The van der Waals surface area contributed by atoms with E-state index in [1.165, 1.54) is 21.1 Å². The maximum Gasteiger partial charge on any atom is 0.154 e. The molecule has 0 heterocycles. The molecule has 0 aliphatic rings. The van der Waals surface area contributed by atoms with Gasteiger partial charge >= 0.3 is 0 Å². The van der Waals surface area contributed by atoms with Crippen molar-refractivity contribution < 1.29 is 0 Å². The zero-order valence-corrected chi connectivity index (χ0v) is 17.8. The van der Waals surface area contributed by atoms with Crippen LogP contribution in [0.3, 0.4) is 0 Å². The molecule has 149 valence electrons. The quantitative estimate of drug-likeness (QED) is 0.182. The van der Waals surface area contributed by atoms with Crippen molar-refractivity contribution in [1.29, 1.82) is 0 Å². The molecule has 4 N–H and O–H groups in total. The van der Waals surface area contributed by atoms with Crippen molar-refractivity contribution in [2.45, 2.75) is 12.7 Å². The van der Waals surface area contributed by atoms with Gasteiger partial charge in [-0.15, -0.1) is 0 Å². The summed E-state index contributed by atoms with van der Waals surface area (Å²) >= 11 is 0. The molecule has 4 heteroatoms. The van der Waals surface area contributed by atoms with Gasteiger partial charge in [-0.1, -0.05) is 131 Å². The highest BCUT2D eigenvalue weighted by Crippen LogP contribution is 2.05. The van der Waals surface area contributed by atoms with Crippen molar-refractivity contribution in [3.8, 4) is 0 Å². The van der Waals surface area contributed by atoms with Crippen LogP contribution in [0, 0.1) is 0 Å². The van der Waals surface area contributed by atoms with E-state index in [1.54, 1.807) is 0 Å². The third kappa shape index (κ3) is 5.12. The van der Waals surface area contributed by atoms with Gasteiger partial charge < -0.3 is 5.73 Å². The fraction of sp³-hybridized carbons (Fsp3) is 0.0769.